The summed E-state index contributed by atoms with van der Waals surface area (Å²) in [4.78, 5) is 23.5. The summed E-state index contributed by atoms with van der Waals surface area (Å²) in [7, 11) is 1.64. The van der Waals surface area contributed by atoms with Crippen LogP contribution in [0.5, 0.6) is 0 Å². The van der Waals surface area contributed by atoms with Crippen LogP contribution in [-0.2, 0) is 18.4 Å². The van der Waals surface area contributed by atoms with Gasteiger partial charge in [-0.25, -0.2) is 4.57 Å². The Morgan fingerprint density at radius 1 is 0.388 bits per heavy atom. The van der Waals surface area contributed by atoms with Crippen LogP contribution in [-0.4, -0.2) is 73.4 Å². The molecule has 0 aromatic heterocycles. The molecule has 0 heterocycles. The van der Waals surface area contributed by atoms with E-state index in [0.717, 1.165) is 38.5 Å². The number of allylic oxidation sites excluding steroid dienone is 2. The molecule has 8 nitrogen and oxygen atoms in total. The number of unbranched alkanes of at least 4 members (excludes halogenated alkanes) is 58. The van der Waals surface area contributed by atoms with Gasteiger partial charge in [0.1, 0.15) is 13.2 Å². The summed E-state index contributed by atoms with van der Waals surface area (Å²) in [5.74, 6) is -0.133. The average molecular weight is 1220 g/mol. The van der Waals surface area contributed by atoms with E-state index in [4.69, 9.17) is 9.05 Å². The van der Waals surface area contributed by atoms with Gasteiger partial charge in [0.2, 0.25) is 5.91 Å². The third-order valence-corrected chi connectivity index (χ3v) is 19.2. The van der Waals surface area contributed by atoms with E-state index in [0.29, 0.717) is 23.9 Å². The number of hydrogen-bond donors (Lipinski definition) is 3. The molecule has 0 saturated heterocycles. The highest BCUT2D eigenvalue weighted by molar-refractivity contribution is 7.47. The fourth-order valence-electron chi connectivity index (χ4n) is 12.3. The molecular formula is C76H154N2O6P+. The predicted octanol–water partition coefficient (Wildman–Crippen LogP) is 24.8. The van der Waals surface area contributed by atoms with Crippen molar-refractivity contribution < 1.29 is 32.9 Å². The summed E-state index contributed by atoms with van der Waals surface area (Å²) < 4.78 is 23.9. The van der Waals surface area contributed by atoms with Gasteiger partial charge in [-0.3, -0.25) is 13.8 Å². The van der Waals surface area contributed by atoms with E-state index >= 15 is 0 Å². The molecule has 508 valence electrons. The number of phosphoric ester groups is 1. The molecule has 3 atom stereocenters. The SMILES string of the molecule is CCCCCCCCCC/C=C\CCCCCCCCCCCCCCCCCCCCCCCCCCCCCC(=O)NC(COP(=O)(O)OCC[N+](C)(C)C)C(O)CCCCCCCCCCCCCCCCCCCCCCCCCC. The van der Waals surface area contributed by atoms with E-state index in [-0.39, 0.29) is 19.1 Å². The van der Waals surface area contributed by atoms with Crippen molar-refractivity contribution in [3.05, 3.63) is 12.2 Å². The number of rotatable bonds is 73. The number of likely N-dealkylation sites (N-methyl/N-ethyl adjacent to an activating group) is 1. The van der Waals surface area contributed by atoms with E-state index in [1.165, 1.54) is 353 Å². The zero-order valence-corrected chi connectivity index (χ0v) is 59.3. The Kier molecular flexibility index (Phi) is 67.0. The molecule has 0 spiro atoms. The molecular weight excluding hydrogens is 1070 g/mol. The van der Waals surface area contributed by atoms with E-state index in [1.54, 1.807) is 0 Å². The maximum Gasteiger partial charge on any atom is 0.472 e. The van der Waals surface area contributed by atoms with Crippen molar-refractivity contribution in [1.29, 1.82) is 0 Å². The van der Waals surface area contributed by atoms with Gasteiger partial charge in [-0.2, -0.15) is 0 Å². The second kappa shape index (κ2) is 67.6. The molecule has 3 N–H and O–H groups in total. The zero-order chi connectivity index (χ0) is 61.9. The van der Waals surface area contributed by atoms with Crippen molar-refractivity contribution in [2.24, 2.45) is 0 Å². The molecule has 0 saturated carbocycles. The number of quaternary nitrogens is 1. The minimum atomic E-state index is -4.33. The number of amides is 1. The predicted molar refractivity (Wildman–Crippen MR) is 374 cm³/mol. The van der Waals surface area contributed by atoms with E-state index in [2.05, 4.69) is 31.3 Å². The quantitative estimate of drug-likeness (QED) is 0.0243. The van der Waals surface area contributed by atoms with Crippen molar-refractivity contribution in [3.8, 4) is 0 Å². The molecule has 3 unspecified atom stereocenters. The first-order valence-corrected chi connectivity index (χ1v) is 40.0. The standard InChI is InChI=1S/C76H153N2O6P/c1-6-8-10-12-14-16-18-20-22-24-26-28-30-32-33-34-35-36-37-38-39-40-41-42-43-44-45-46-48-50-52-54-56-58-60-62-64-66-68-70-76(80)77-74(73-84-85(81,82)83-72-71-78(3,4)5)75(79)69-67-65-63-61-59-57-55-53-51-49-47-31-29-27-25-23-21-19-17-15-13-11-9-7-2/h24,26,74-75,79H,6-23,25,27-73H2,1-5H3,(H-,77,80,81,82)/p+1/b26-24-. The van der Waals surface area contributed by atoms with Crippen molar-refractivity contribution in [3.63, 3.8) is 0 Å². The second-order valence-electron chi connectivity index (χ2n) is 28.1. The first-order chi connectivity index (χ1) is 41.5. The lowest BCUT2D eigenvalue weighted by molar-refractivity contribution is -0.870. The summed E-state index contributed by atoms with van der Waals surface area (Å²) in [6, 6.07) is -0.758. The topological polar surface area (TPSA) is 105 Å². The summed E-state index contributed by atoms with van der Waals surface area (Å²) in [5, 5.41) is 14.2. The number of carbonyl (C=O) groups is 1. The zero-order valence-electron chi connectivity index (χ0n) is 58.4. The van der Waals surface area contributed by atoms with Crippen LogP contribution in [0.2, 0.25) is 0 Å². The van der Waals surface area contributed by atoms with Gasteiger partial charge in [-0.1, -0.05) is 386 Å². The van der Waals surface area contributed by atoms with Gasteiger partial charge >= 0.3 is 7.82 Å². The van der Waals surface area contributed by atoms with Crippen molar-refractivity contribution in [2.45, 2.75) is 431 Å². The largest absolute Gasteiger partial charge is 0.472 e. The van der Waals surface area contributed by atoms with Gasteiger partial charge in [0.15, 0.2) is 0 Å². The highest BCUT2D eigenvalue weighted by Gasteiger charge is 2.28. The van der Waals surface area contributed by atoms with Gasteiger partial charge in [0.05, 0.1) is 39.9 Å². The molecule has 1 amide bonds. The summed E-state index contributed by atoms with van der Waals surface area (Å²) in [6.45, 7) is 4.96. The Balaban J connectivity index is 3.88. The molecule has 0 fully saturated rings. The first-order valence-electron chi connectivity index (χ1n) is 38.6. The van der Waals surface area contributed by atoms with Crippen LogP contribution in [0.25, 0.3) is 0 Å². The van der Waals surface area contributed by atoms with Gasteiger partial charge in [-0.15, -0.1) is 0 Å². The molecule has 0 radical (unpaired) electrons. The highest BCUT2D eigenvalue weighted by atomic mass is 31.2. The van der Waals surface area contributed by atoms with Gasteiger partial charge in [0.25, 0.3) is 0 Å². The van der Waals surface area contributed by atoms with Crippen LogP contribution in [0.3, 0.4) is 0 Å². The molecule has 0 aromatic rings. The number of phosphoric acid groups is 1. The van der Waals surface area contributed by atoms with Crippen LogP contribution in [0.4, 0.5) is 0 Å². The van der Waals surface area contributed by atoms with Crippen molar-refractivity contribution >= 4 is 13.7 Å². The number of nitrogens with zero attached hydrogens (tertiary/aromatic N) is 1. The number of hydrogen-bond acceptors (Lipinski definition) is 5. The van der Waals surface area contributed by atoms with Crippen LogP contribution < -0.4 is 5.32 Å². The average Bonchev–Trinajstić information content (AvgIpc) is 3.49. The monoisotopic (exact) mass is 1220 g/mol. The maximum atomic E-state index is 13.1. The fraction of sp³-hybridized carbons (Fsp3) is 0.961. The van der Waals surface area contributed by atoms with Gasteiger partial charge in [-0.05, 0) is 38.5 Å². The maximum absolute atomic E-state index is 13.1. The second-order valence-corrected chi connectivity index (χ2v) is 29.5. The summed E-state index contributed by atoms with van der Waals surface area (Å²) in [6.07, 6.45) is 87.8. The molecule has 0 aliphatic carbocycles. The number of carbonyl (C=O) groups excluding carboxylic acids is 1. The van der Waals surface area contributed by atoms with E-state index in [1.807, 2.05) is 21.1 Å². The Hall–Kier alpha value is -0.760. The van der Waals surface area contributed by atoms with Crippen LogP contribution in [0, 0.1) is 0 Å². The van der Waals surface area contributed by atoms with Crippen LogP contribution >= 0.6 is 7.82 Å². The van der Waals surface area contributed by atoms with Gasteiger partial charge < -0.3 is 19.8 Å². The minimum Gasteiger partial charge on any atom is -0.391 e. The Morgan fingerprint density at radius 2 is 0.635 bits per heavy atom. The number of nitrogens with one attached hydrogen (secondary N) is 1. The summed E-state index contributed by atoms with van der Waals surface area (Å²) >= 11 is 0. The Bertz CT molecular complexity index is 1390. The highest BCUT2D eigenvalue weighted by Crippen LogP contribution is 2.43. The molecule has 0 aliphatic heterocycles. The number of aliphatic hydroxyl groups excluding tert-OH is 1. The molecule has 0 aliphatic rings. The van der Waals surface area contributed by atoms with Crippen LogP contribution in [0.15, 0.2) is 12.2 Å². The smallest absolute Gasteiger partial charge is 0.391 e. The third kappa shape index (κ3) is 70.6. The Labute approximate surface area is 532 Å². The lowest BCUT2D eigenvalue weighted by Gasteiger charge is -2.26. The van der Waals surface area contributed by atoms with Gasteiger partial charge in [0, 0.05) is 6.42 Å². The van der Waals surface area contributed by atoms with E-state index < -0.39 is 20.0 Å². The lowest BCUT2D eigenvalue weighted by atomic mass is 10.0. The minimum absolute atomic E-state index is 0.0789. The molecule has 0 rings (SSSR count). The lowest BCUT2D eigenvalue weighted by Crippen LogP contribution is -2.46. The molecule has 85 heavy (non-hydrogen) atoms. The molecule has 0 bridgehead atoms. The first kappa shape index (κ1) is 84.2. The van der Waals surface area contributed by atoms with E-state index in [9.17, 15) is 19.4 Å². The third-order valence-electron chi connectivity index (χ3n) is 18.3. The van der Waals surface area contributed by atoms with Crippen molar-refractivity contribution in [1.82, 2.24) is 5.32 Å². The Morgan fingerprint density at radius 3 is 0.906 bits per heavy atom. The normalized spacial score (nSPS) is 13.5. The summed E-state index contributed by atoms with van der Waals surface area (Å²) in [5.41, 5.74) is 0. The van der Waals surface area contributed by atoms with Crippen molar-refractivity contribution in [2.75, 3.05) is 40.9 Å². The number of aliphatic hydroxyl groups is 1. The molecule has 9 heteroatoms. The van der Waals surface area contributed by atoms with Crippen LogP contribution in [0.1, 0.15) is 418 Å². The molecule has 0 aromatic carbocycles. The fourth-order valence-corrected chi connectivity index (χ4v) is 13.0.